The average Bonchev–Trinajstić information content (AvgIpc) is 3.15. The Labute approximate surface area is 164 Å². The van der Waals surface area contributed by atoms with Crippen LogP contribution in [0.3, 0.4) is 0 Å². The zero-order valence-electron chi connectivity index (χ0n) is 14.9. The second kappa shape index (κ2) is 7.91. The molecule has 2 aromatic carbocycles. The van der Waals surface area contributed by atoms with Crippen molar-refractivity contribution in [3.05, 3.63) is 63.1 Å². The molecule has 0 unspecified atom stereocenters. The molecule has 1 aromatic heterocycles. The Hall–Kier alpha value is -3.04. The smallest absolute Gasteiger partial charge is 0.345 e. The molecule has 3 aromatic rings. The monoisotopic (exact) mass is 399 g/mol. The van der Waals surface area contributed by atoms with Gasteiger partial charge in [0.2, 0.25) is 0 Å². The Balaban J connectivity index is 1.54. The highest BCUT2D eigenvalue weighted by molar-refractivity contribution is 7.18. The van der Waals surface area contributed by atoms with E-state index < -0.39 is 10.9 Å². The van der Waals surface area contributed by atoms with Crippen molar-refractivity contribution in [2.75, 3.05) is 31.2 Å². The van der Waals surface area contributed by atoms with Crippen LogP contribution in [0.4, 0.5) is 11.4 Å². The number of hydrogen-bond acceptors (Lipinski definition) is 8. The summed E-state index contributed by atoms with van der Waals surface area (Å²) in [5.41, 5.74) is 1.24. The van der Waals surface area contributed by atoms with E-state index in [1.807, 2.05) is 29.2 Å². The number of benzene rings is 2. The standard InChI is InChI=1S/C19H17N3O5S/c23-19(27-12-18-20-15-3-1-2-4-17(15)28-18)14-11-13(5-6-16(14)22(24)25)21-7-9-26-10-8-21/h1-6,11H,7-10,12H2. The molecular weight excluding hydrogens is 382 g/mol. The van der Waals surface area contributed by atoms with Crippen molar-refractivity contribution < 1.29 is 19.2 Å². The second-order valence-corrected chi connectivity index (χ2v) is 7.32. The summed E-state index contributed by atoms with van der Waals surface area (Å²) in [4.78, 5) is 29.8. The van der Waals surface area contributed by atoms with Gasteiger partial charge >= 0.3 is 5.97 Å². The molecule has 0 bridgehead atoms. The fraction of sp³-hybridized carbons (Fsp3) is 0.263. The molecule has 1 fully saturated rings. The van der Waals surface area contributed by atoms with Crippen molar-refractivity contribution in [2.45, 2.75) is 6.61 Å². The van der Waals surface area contributed by atoms with Crippen molar-refractivity contribution in [3.8, 4) is 0 Å². The third-order valence-electron chi connectivity index (χ3n) is 4.44. The molecule has 4 rings (SSSR count). The van der Waals surface area contributed by atoms with Crippen LogP contribution in [0.1, 0.15) is 15.4 Å². The number of carbonyl (C=O) groups excluding carboxylic acids is 1. The highest BCUT2D eigenvalue weighted by Crippen LogP contribution is 2.27. The summed E-state index contributed by atoms with van der Waals surface area (Å²) in [5.74, 6) is -0.735. The van der Waals surface area contributed by atoms with E-state index in [0.717, 1.165) is 15.9 Å². The van der Waals surface area contributed by atoms with Gasteiger partial charge in [0.1, 0.15) is 17.2 Å². The van der Waals surface area contributed by atoms with Crippen LogP contribution in [0.25, 0.3) is 10.2 Å². The Morgan fingerprint density at radius 1 is 1.25 bits per heavy atom. The van der Waals surface area contributed by atoms with E-state index in [1.165, 1.54) is 23.5 Å². The van der Waals surface area contributed by atoms with Crippen LogP contribution >= 0.6 is 11.3 Å². The first-order chi connectivity index (χ1) is 13.6. The summed E-state index contributed by atoms with van der Waals surface area (Å²) in [7, 11) is 0. The topological polar surface area (TPSA) is 94.8 Å². The Morgan fingerprint density at radius 2 is 2.04 bits per heavy atom. The SMILES string of the molecule is O=C(OCc1nc2ccccc2s1)c1cc(N2CCOCC2)ccc1[N+](=O)[O-]. The summed E-state index contributed by atoms with van der Waals surface area (Å²) in [5, 5.41) is 12.0. The van der Waals surface area contributed by atoms with E-state index in [1.54, 1.807) is 6.07 Å². The van der Waals surface area contributed by atoms with Gasteiger partial charge in [0.15, 0.2) is 0 Å². The van der Waals surface area contributed by atoms with E-state index in [4.69, 9.17) is 9.47 Å². The van der Waals surface area contributed by atoms with Gasteiger partial charge in [0.25, 0.3) is 5.69 Å². The molecule has 0 spiro atoms. The molecule has 0 N–H and O–H groups in total. The van der Waals surface area contributed by atoms with Gasteiger partial charge in [-0.2, -0.15) is 0 Å². The number of aromatic nitrogens is 1. The lowest BCUT2D eigenvalue weighted by molar-refractivity contribution is -0.385. The zero-order chi connectivity index (χ0) is 19.5. The van der Waals surface area contributed by atoms with Gasteiger partial charge in [-0.05, 0) is 24.3 Å². The van der Waals surface area contributed by atoms with Gasteiger partial charge in [0, 0.05) is 24.8 Å². The lowest BCUT2D eigenvalue weighted by Crippen LogP contribution is -2.36. The lowest BCUT2D eigenvalue weighted by Gasteiger charge is -2.29. The number of rotatable bonds is 5. The predicted octanol–water partition coefficient (Wildman–Crippen LogP) is 3.40. The number of fused-ring (bicyclic) bond motifs is 1. The number of morpholine rings is 1. The maximum atomic E-state index is 12.6. The molecule has 1 saturated heterocycles. The normalized spacial score (nSPS) is 14.2. The Bertz CT molecular complexity index is 996. The van der Waals surface area contributed by atoms with E-state index in [2.05, 4.69) is 4.98 Å². The fourth-order valence-electron chi connectivity index (χ4n) is 3.05. The Morgan fingerprint density at radius 3 is 2.79 bits per heavy atom. The van der Waals surface area contributed by atoms with Gasteiger partial charge < -0.3 is 14.4 Å². The van der Waals surface area contributed by atoms with Crippen LogP contribution in [0.5, 0.6) is 0 Å². The molecular formula is C19H17N3O5S. The molecule has 28 heavy (non-hydrogen) atoms. The number of nitro groups is 1. The molecule has 1 aliphatic rings. The minimum absolute atomic E-state index is 0.0306. The quantitative estimate of drug-likeness (QED) is 0.369. The zero-order valence-corrected chi connectivity index (χ0v) is 15.7. The van der Waals surface area contributed by atoms with Gasteiger partial charge in [0.05, 0.1) is 28.4 Å². The number of hydrogen-bond donors (Lipinski definition) is 0. The van der Waals surface area contributed by atoms with Crippen LogP contribution in [0.15, 0.2) is 42.5 Å². The van der Waals surface area contributed by atoms with Crippen LogP contribution in [0.2, 0.25) is 0 Å². The number of nitrogens with zero attached hydrogens (tertiary/aromatic N) is 3. The van der Waals surface area contributed by atoms with E-state index >= 15 is 0 Å². The molecule has 0 aliphatic carbocycles. The third-order valence-corrected chi connectivity index (χ3v) is 5.45. The van der Waals surface area contributed by atoms with Crippen molar-refractivity contribution in [1.82, 2.24) is 4.98 Å². The first-order valence-electron chi connectivity index (χ1n) is 8.74. The van der Waals surface area contributed by atoms with Crippen molar-refractivity contribution >= 4 is 38.9 Å². The van der Waals surface area contributed by atoms with Crippen LogP contribution in [-0.2, 0) is 16.1 Å². The summed E-state index contributed by atoms with van der Waals surface area (Å²) in [6.45, 7) is 2.45. The van der Waals surface area contributed by atoms with E-state index in [9.17, 15) is 14.9 Å². The molecule has 8 nitrogen and oxygen atoms in total. The minimum atomic E-state index is -0.735. The number of para-hydroxylation sites is 1. The maximum Gasteiger partial charge on any atom is 0.345 e. The molecule has 0 amide bonds. The van der Waals surface area contributed by atoms with Crippen LogP contribution in [0, 0.1) is 10.1 Å². The molecule has 1 aliphatic heterocycles. The number of nitro benzene ring substituents is 1. The van der Waals surface area contributed by atoms with Crippen molar-refractivity contribution in [1.29, 1.82) is 0 Å². The molecule has 2 heterocycles. The fourth-order valence-corrected chi connectivity index (χ4v) is 3.93. The van der Waals surface area contributed by atoms with Crippen molar-refractivity contribution in [2.24, 2.45) is 0 Å². The first-order valence-corrected chi connectivity index (χ1v) is 9.56. The van der Waals surface area contributed by atoms with Gasteiger partial charge in [-0.15, -0.1) is 11.3 Å². The highest BCUT2D eigenvalue weighted by atomic mass is 32.1. The lowest BCUT2D eigenvalue weighted by atomic mass is 10.1. The summed E-state index contributed by atoms with van der Waals surface area (Å²) in [6, 6.07) is 12.1. The van der Waals surface area contributed by atoms with Gasteiger partial charge in [-0.25, -0.2) is 9.78 Å². The highest BCUT2D eigenvalue weighted by Gasteiger charge is 2.24. The van der Waals surface area contributed by atoms with Crippen molar-refractivity contribution in [3.63, 3.8) is 0 Å². The molecule has 0 saturated carbocycles. The molecule has 0 atom stereocenters. The minimum Gasteiger partial charge on any atom is -0.455 e. The average molecular weight is 399 g/mol. The number of thiazole rings is 1. The number of ether oxygens (including phenoxy) is 2. The van der Waals surface area contributed by atoms with Crippen LogP contribution in [-0.4, -0.2) is 42.2 Å². The summed E-state index contributed by atoms with van der Waals surface area (Å²) >= 11 is 1.43. The Kier molecular flexibility index (Phi) is 5.18. The largest absolute Gasteiger partial charge is 0.455 e. The molecule has 144 valence electrons. The number of esters is 1. The first kappa shape index (κ1) is 18.3. The maximum absolute atomic E-state index is 12.6. The summed E-state index contributed by atoms with van der Waals surface area (Å²) < 4.78 is 11.7. The number of carbonyl (C=O) groups is 1. The van der Waals surface area contributed by atoms with E-state index in [0.29, 0.717) is 31.3 Å². The van der Waals surface area contributed by atoms with Gasteiger partial charge in [-0.1, -0.05) is 12.1 Å². The molecule has 9 heteroatoms. The number of anilines is 1. The van der Waals surface area contributed by atoms with Gasteiger partial charge in [-0.3, -0.25) is 10.1 Å². The summed E-state index contributed by atoms with van der Waals surface area (Å²) in [6.07, 6.45) is 0. The van der Waals surface area contributed by atoms with E-state index in [-0.39, 0.29) is 17.9 Å². The molecule has 0 radical (unpaired) electrons. The predicted molar refractivity (Wildman–Crippen MR) is 105 cm³/mol. The second-order valence-electron chi connectivity index (χ2n) is 6.21. The van der Waals surface area contributed by atoms with Crippen LogP contribution < -0.4 is 4.90 Å². The third kappa shape index (κ3) is 3.80.